The summed E-state index contributed by atoms with van der Waals surface area (Å²) in [6.07, 6.45) is 0. The highest BCUT2D eigenvalue weighted by atomic mass is 16.6. The molecule has 0 atom stereocenters. The number of benzene rings is 1. The van der Waals surface area contributed by atoms with Gasteiger partial charge in [0.1, 0.15) is 0 Å². The minimum absolute atomic E-state index is 0.0845. The molecule has 1 aromatic carbocycles. The van der Waals surface area contributed by atoms with Gasteiger partial charge >= 0.3 is 11.9 Å². The maximum Gasteiger partial charge on any atom is 0.338 e. The van der Waals surface area contributed by atoms with E-state index in [1.54, 1.807) is 0 Å². The van der Waals surface area contributed by atoms with Crippen LogP contribution in [0.3, 0.4) is 0 Å². The molecule has 1 aromatic heterocycles. The smallest absolute Gasteiger partial charge is 0.338 e. The number of nitrogens with zero attached hydrogens (tertiary/aromatic N) is 2. The van der Waals surface area contributed by atoms with Gasteiger partial charge in [-0.15, -0.1) is 0 Å². The van der Waals surface area contributed by atoms with E-state index < -0.39 is 16.9 Å². The minimum Gasteiger partial charge on any atom is -0.478 e. The average Bonchev–Trinajstić information content (AvgIpc) is 2.45. The van der Waals surface area contributed by atoms with E-state index in [-0.39, 0.29) is 39.3 Å². The lowest BCUT2D eigenvalue weighted by molar-refractivity contribution is -0.384. The fourth-order valence-electron chi connectivity index (χ4n) is 2.44. The van der Waals surface area contributed by atoms with Crippen LogP contribution in [0, 0.1) is 24.0 Å². The van der Waals surface area contributed by atoms with Gasteiger partial charge in [0.05, 0.1) is 27.4 Å². The number of carboxylic acid groups (broad SMARTS) is 2. The average molecular weight is 316 g/mol. The topological polar surface area (TPSA) is 131 Å². The van der Waals surface area contributed by atoms with Gasteiger partial charge in [-0.1, -0.05) is 12.1 Å². The third-order valence-electron chi connectivity index (χ3n) is 3.33. The lowest BCUT2D eigenvalue weighted by atomic mass is 9.92. The summed E-state index contributed by atoms with van der Waals surface area (Å²) in [6, 6.07) is 5.19. The number of aryl methyl sites for hydroxylation is 2. The van der Waals surface area contributed by atoms with Gasteiger partial charge in [0, 0.05) is 17.7 Å². The number of aromatic carboxylic acids is 2. The number of hydrogen-bond acceptors (Lipinski definition) is 5. The van der Waals surface area contributed by atoms with Gasteiger partial charge in [0.15, 0.2) is 0 Å². The normalized spacial score (nSPS) is 10.3. The van der Waals surface area contributed by atoms with Crippen molar-refractivity contribution >= 4 is 17.6 Å². The molecule has 2 N–H and O–H groups in total. The first kappa shape index (κ1) is 16.1. The Hall–Kier alpha value is -3.29. The predicted octanol–water partition coefficient (Wildman–Crippen LogP) is 2.67. The number of nitro groups is 1. The van der Waals surface area contributed by atoms with Gasteiger partial charge < -0.3 is 10.2 Å². The Balaban J connectivity index is 2.93. The molecule has 2 aromatic rings. The zero-order valence-electron chi connectivity index (χ0n) is 12.2. The maximum atomic E-state index is 11.6. The summed E-state index contributed by atoms with van der Waals surface area (Å²) < 4.78 is 0. The molecule has 0 radical (unpaired) electrons. The highest BCUT2D eigenvalue weighted by Crippen LogP contribution is 2.33. The zero-order valence-corrected chi connectivity index (χ0v) is 12.2. The summed E-state index contributed by atoms with van der Waals surface area (Å²) >= 11 is 0. The zero-order chi connectivity index (χ0) is 17.3. The summed E-state index contributed by atoms with van der Waals surface area (Å²) in [6.45, 7) is 2.89. The molecule has 0 saturated carbocycles. The van der Waals surface area contributed by atoms with E-state index in [1.165, 1.54) is 32.0 Å². The molecular formula is C15H12N2O6. The molecule has 118 valence electrons. The molecule has 0 fully saturated rings. The van der Waals surface area contributed by atoms with Gasteiger partial charge in [-0.2, -0.15) is 0 Å². The second kappa shape index (κ2) is 5.84. The quantitative estimate of drug-likeness (QED) is 0.654. The van der Waals surface area contributed by atoms with E-state index in [9.17, 15) is 29.9 Å². The van der Waals surface area contributed by atoms with E-state index in [2.05, 4.69) is 4.98 Å². The number of aromatic nitrogens is 1. The highest BCUT2D eigenvalue weighted by molar-refractivity contribution is 6.06. The van der Waals surface area contributed by atoms with Crippen molar-refractivity contribution in [3.05, 3.63) is 56.9 Å². The first-order valence-electron chi connectivity index (χ1n) is 6.46. The Bertz CT molecular complexity index is 806. The molecule has 0 saturated heterocycles. The van der Waals surface area contributed by atoms with Gasteiger partial charge in [0.25, 0.3) is 5.69 Å². The first-order chi connectivity index (χ1) is 10.7. The van der Waals surface area contributed by atoms with Gasteiger partial charge in [-0.3, -0.25) is 15.1 Å². The molecule has 0 bridgehead atoms. The van der Waals surface area contributed by atoms with Crippen molar-refractivity contribution < 1.29 is 24.7 Å². The summed E-state index contributed by atoms with van der Waals surface area (Å²) in [4.78, 5) is 37.4. The monoisotopic (exact) mass is 316 g/mol. The Morgan fingerprint density at radius 1 is 1.09 bits per heavy atom. The van der Waals surface area contributed by atoms with Crippen LogP contribution in [0.4, 0.5) is 5.69 Å². The molecule has 23 heavy (non-hydrogen) atoms. The number of non-ortho nitro benzene ring substituents is 1. The lowest BCUT2D eigenvalue weighted by Gasteiger charge is -2.14. The molecular weight excluding hydrogens is 304 g/mol. The van der Waals surface area contributed by atoms with Crippen molar-refractivity contribution in [2.75, 3.05) is 0 Å². The predicted molar refractivity (Wildman–Crippen MR) is 79.7 cm³/mol. The Morgan fingerprint density at radius 3 is 2.04 bits per heavy atom. The standard InChI is InChI=1S/C15H12N2O6/c1-7-11(14(18)19)13(12(15(20)21)8(2)16-7)9-4-3-5-10(6-9)17(22)23/h3-6H,1-2H3,(H,18,19)(H,20,21). The van der Waals surface area contributed by atoms with E-state index in [0.717, 1.165) is 6.07 Å². The first-order valence-corrected chi connectivity index (χ1v) is 6.46. The van der Waals surface area contributed by atoms with Gasteiger partial charge in [-0.25, -0.2) is 9.59 Å². The Morgan fingerprint density at radius 2 is 1.61 bits per heavy atom. The summed E-state index contributed by atoms with van der Waals surface area (Å²) in [5, 5.41) is 29.7. The second-order valence-corrected chi connectivity index (χ2v) is 4.83. The van der Waals surface area contributed by atoms with Crippen LogP contribution < -0.4 is 0 Å². The molecule has 0 spiro atoms. The maximum absolute atomic E-state index is 11.6. The van der Waals surface area contributed by atoms with Crippen LogP contribution >= 0.6 is 0 Å². The van der Waals surface area contributed by atoms with Crippen LogP contribution in [-0.2, 0) is 0 Å². The Labute approximate surface area is 130 Å². The number of hydrogen-bond donors (Lipinski definition) is 2. The number of nitro benzene ring substituents is 1. The van der Waals surface area contributed by atoms with Crippen molar-refractivity contribution in [2.24, 2.45) is 0 Å². The van der Waals surface area contributed by atoms with Crippen LogP contribution in [0.25, 0.3) is 11.1 Å². The fraction of sp³-hybridized carbons (Fsp3) is 0.133. The molecule has 0 aliphatic rings. The van der Waals surface area contributed by atoms with Crippen LogP contribution in [-0.4, -0.2) is 32.1 Å². The molecule has 8 nitrogen and oxygen atoms in total. The van der Waals surface area contributed by atoms with Crippen LogP contribution in [0.2, 0.25) is 0 Å². The van der Waals surface area contributed by atoms with E-state index in [0.29, 0.717) is 0 Å². The third-order valence-corrected chi connectivity index (χ3v) is 3.33. The largest absolute Gasteiger partial charge is 0.478 e. The minimum atomic E-state index is -1.35. The molecule has 0 amide bonds. The van der Waals surface area contributed by atoms with E-state index >= 15 is 0 Å². The number of rotatable bonds is 4. The second-order valence-electron chi connectivity index (χ2n) is 4.83. The van der Waals surface area contributed by atoms with Gasteiger partial charge in [-0.05, 0) is 19.4 Å². The molecule has 2 rings (SSSR count). The van der Waals surface area contributed by atoms with Crippen LogP contribution in [0.15, 0.2) is 24.3 Å². The van der Waals surface area contributed by atoms with Crippen molar-refractivity contribution in [3.63, 3.8) is 0 Å². The molecule has 8 heteroatoms. The van der Waals surface area contributed by atoms with Crippen LogP contribution in [0.1, 0.15) is 32.1 Å². The number of pyridine rings is 1. The lowest BCUT2D eigenvalue weighted by Crippen LogP contribution is -2.13. The van der Waals surface area contributed by atoms with E-state index in [1.807, 2.05) is 0 Å². The van der Waals surface area contributed by atoms with Crippen molar-refractivity contribution in [1.82, 2.24) is 4.98 Å². The fourth-order valence-corrected chi connectivity index (χ4v) is 2.44. The van der Waals surface area contributed by atoms with Crippen LogP contribution in [0.5, 0.6) is 0 Å². The molecule has 0 aliphatic heterocycles. The van der Waals surface area contributed by atoms with Crippen molar-refractivity contribution in [3.8, 4) is 11.1 Å². The summed E-state index contributed by atoms with van der Waals surface area (Å²) in [5.41, 5.74) is -0.492. The molecule has 0 unspecified atom stereocenters. The highest BCUT2D eigenvalue weighted by Gasteiger charge is 2.26. The SMILES string of the molecule is Cc1nc(C)c(C(=O)O)c(-c2cccc([N+](=O)[O-])c2)c1C(=O)O. The van der Waals surface area contributed by atoms with E-state index in [4.69, 9.17) is 0 Å². The van der Waals surface area contributed by atoms with Gasteiger partial charge in [0.2, 0.25) is 0 Å². The summed E-state index contributed by atoms with van der Waals surface area (Å²) in [7, 11) is 0. The molecule has 0 aliphatic carbocycles. The van der Waals surface area contributed by atoms with Crippen molar-refractivity contribution in [1.29, 1.82) is 0 Å². The number of carbonyl (C=O) groups is 2. The molecule has 1 heterocycles. The van der Waals surface area contributed by atoms with Crippen molar-refractivity contribution in [2.45, 2.75) is 13.8 Å². The Kier molecular flexibility index (Phi) is 4.08. The number of carboxylic acids is 2. The summed E-state index contributed by atoms with van der Waals surface area (Å²) in [5.74, 6) is -2.70. The third kappa shape index (κ3) is 2.86.